The maximum Gasteiger partial charge on any atom is 0.279 e. The SMILES string of the molecule is NC(=O)CSCCC(=O)NNC(=O)c1cc2c(s1)CCC2. The van der Waals surface area contributed by atoms with Crippen molar-refractivity contribution in [2.75, 3.05) is 11.5 Å². The third-order valence-electron chi connectivity index (χ3n) is 3.00. The molecule has 3 amide bonds. The summed E-state index contributed by atoms with van der Waals surface area (Å²) in [6, 6.07) is 1.90. The number of amides is 3. The molecule has 0 saturated heterocycles. The molecule has 4 N–H and O–H groups in total. The molecule has 114 valence electrons. The number of primary amides is 1. The van der Waals surface area contributed by atoms with Gasteiger partial charge in [0, 0.05) is 17.1 Å². The summed E-state index contributed by atoms with van der Waals surface area (Å²) in [6.45, 7) is 0. The Kier molecular flexibility index (Phi) is 5.63. The van der Waals surface area contributed by atoms with E-state index < -0.39 is 5.91 Å². The van der Waals surface area contributed by atoms with Crippen LogP contribution in [0, 0.1) is 0 Å². The Hall–Kier alpha value is -1.54. The summed E-state index contributed by atoms with van der Waals surface area (Å²) < 4.78 is 0. The lowest BCUT2D eigenvalue weighted by Crippen LogP contribution is -2.41. The monoisotopic (exact) mass is 327 g/mol. The molecular weight excluding hydrogens is 310 g/mol. The van der Waals surface area contributed by atoms with Gasteiger partial charge in [-0.25, -0.2) is 0 Å². The van der Waals surface area contributed by atoms with Crippen LogP contribution in [0.1, 0.15) is 33.0 Å². The minimum Gasteiger partial charge on any atom is -0.369 e. The van der Waals surface area contributed by atoms with Crippen LogP contribution < -0.4 is 16.6 Å². The fourth-order valence-electron chi connectivity index (χ4n) is 2.03. The first kappa shape index (κ1) is 15.8. The lowest BCUT2D eigenvalue weighted by molar-refractivity contribution is -0.121. The number of fused-ring (bicyclic) bond motifs is 1. The largest absolute Gasteiger partial charge is 0.369 e. The zero-order valence-electron chi connectivity index (χ0n) is 11.4. The molecule has 1 aromatic rings. The van der Waals surface area contributed by atoms with Crippen molar-refractivity contribution in [3.8, 4) is 0 Å². The highest BCUT2D eigenvalue weighted by molar-refractivity contribution is 7.99. The van der Waals surface area contributed by atoms with Crippen LogP contribution in [0.3, 0.4) is 0 Å². The van der Waals surface area contributed by atoms with Crippen molar-refractivity contribution in [1.82, 2.24) is 10.9 Å². The highest BCUT2D eigenvalue weighted by Gasteiger charge is 2.18. The predicted molar refractivity (Wildman–Crippen MR) is 83.1 cm³/mol. The van der Waals surface area contributed by atoms with Gasteiger partial charge in [-0.1, -0.05) is 0 Å². The molecule has 1 aromatic heterocycles. The van der Waals surface area contributed by atoms with Gasteiger partial charge in [0.2, 0.25) is 11.8 Å². The Balaban J connectivity index is 1.68. The van der Waals surface area contributed by atoms with Crippen LogP contribution in [0.4, 0.5) is 0 Å². The summed E-state index contributed by atoms with van der Waals surface area (Å²) in [5.41, 5.74) is 11.0. The second-order valence-corrected chi connectivity index (χ2v) is 6.93. The van der Waals surface area contributed by atoms with E-state index in [1.165, 1.54) is 33.5 Å². The Bertz CT molecular complexity index is 535. The van der Waals surface area contributed by atoms with Crippen molar-refractivity contribution in [2.45, 2.75) is 25.7 Å². The van der Waals surface area contributed by atoms with Gasteiger partial charge in [0.15, 0.2) is 0 Å². The van der Waals surface area contributed by atoms with Gasteiger partial charge in [0.05, 0.1) is 10.6 Å². The number of aryl methyl sites for hydroxylation is 2. The topological polar surface area (TPSA) is 101 Å². The van der Waals surface area contributed by atoms with Crippen molar-refractivity contribution in [1.29, 1.82) is 0 Å². The fraction of sp³-hybridized carbons (Fsp3) is 0.462. The fourth-order valence-corrected chi connectivity index (χ4v) is 3.85. The number of nitrogens with one attached hydrogen (secondary N) is 2. The van der Waals surface area contributed by atoms with E-state index >= 15 is 0 Å². The number of thiophene rings is 1. The van der Waals surface area contributed by atoms with E-state index in [4.69, 9.17) is 5.73 Å². The Labute approximate surface area is 130 Å². The van der Waals surface area contributed by atoms with Gasteiger partial charge in [0.25, 0.3) is 5.91 Å². The Morgan fingerprint density at radius 3 is 2.81 bits per heavy atom. The third kappa shape index (κ3) is 4.75. The van der Waals surface area contributed by atoms with Crippen LogP contribution in [-0.2, 0) is 22.4 Å². The van der Waals surface area contributed by atoms with Gasteiger partial charge < -0.3 is 5.73 Å². The molecule has 21 heavy (non-hydrogen) atoms. The molecule has 0 unspecified atom stereocenters. The molecule has 1 aliphatic rings. The standard InChI is InChI=1S/C13H17N3O3S2/c14-11(17)7-20-5-4-12(18)15-16-13(19)10-6-8-2-1-3-9(8)21-10/h6H,1-5,7H2,(H2,14,17)(H,15,18)(H,16,19). The van der Waals surface area contributed by atoms with E-state index in [1.807, 2.05) is 6.07 Å². The average Bonchev–Trinajstić information content (AvgIpc) is 3.01. The summed E-state index contributed by atoms with van der Waals surface area (Å²) in [6.07, 6.45) is 3.45. The highest BCUT2D eigenvalue weighted by atomic mass is 32.2. The minimum absolute atomic E-state index is 0.195. The van der Waals surface area contributed by atoms with Crippen molar-refractivity contribution < 1.29 is 14.4 Å². The van der Waals surface area contributed by atoms with E-state index in [2.05, 4.69) is 10.9 Å². The van der Waals surface area contributed by atoms with Crippen LogP contribution in [-0.4, -0.2) is 29.2 Å². The average molecular weight is 327 g/mol. The molecule has 0 saturated carbocycles. The molecule has 0 radical (unpaired) electrons. The molecule has 8 heteroatoms. The normalized spacial score (nSPS) is 12.8. The lowest BCUT2D eigenvalue weighted by atomic mass is 10.2. The zero-order chi connectivity index (χ0) is 15.2. The summed E-state index contributed by atoms with van der Waals surface area (Å²) >= 11 is 2.78. The number of hydrazine groups is 1. The molecule has 1 heterocycles. The second-order valence-electron chi connectivity index (χ2n) is 4.68. The summed E-state index contributed by atoms with van der Waals surface area (Å²) in [7, 11) is 0. The quantitative estimate of drug-likeness (QED) is 0.526. The molecular formula is C13H17N3O3S2. The molecule has 0 spiro atoms. The van der Waals surface area contributed by atoms with Crippen LogP contribution >= 0.6 is 23.1 Å². The molecule has 0 atom stereocenters. The van der Waals surface area contributed by atoms with Crippen molar-refractivity contribution in [3.05, 3.63) is 21.4 Å². The molecule has 0 bridgehead atoms. The first-order valence-electron chi connectivity index (χ1n) is 6.63. The zero-order valence-corrected chi connectivity index (χ0v) is 13.1. The van der Waals surface area contributed by atoms with Crippen LogP contribution in [0.2, 0.25) is 0 Å². The number of nitrogens with two attached hydrogens (primary N) is 1. The summed E-state index contributed by atoms with van der Waals surface area (Å²) in [5.74, 6) is -0.297. The number of carbonyl (C=O) groups excluding carboxylic acids is 3. The van der Waals surface area contributed by atoms with Gasteiger partial charge in [-0.3, -0.25) is 25.2 Å². The first-order valence-corrected chi connectivity index (χ1v) is 8.60. The molecule has 0 fully saturated rings. The van der Waals surface area contributed by atoms with Crippen LogP contribution in [0.25, 0.3) is 0 Å². The number of rotatable bonds is 6. The smallest absolute Gasteiger partial charge is 0.279 e. The van der Waals surface area contributed by atoms with E-state index in [1.54, 1.807) is 0 Å². The van der Waals surface area contributed by atoms with E-state index in [0.717, 1.165) is 19.3 Å². The van der Waals surface area contributed by atoms with Crippen molar-refractivity contribution in [2.24, 2.45) is 5.73 Å². The van der Waals surface area contributed by atoms with Gasteiger partial charge in [-0.15, -0.1) is 11.3 Å². The maximum atomic E-state index is 11.9. The maximum absolute atomic E-state index is 11.9. The minimum atomic E-state index is -0.403. The molecule has 0 aromatic carbocycles. The van der Waals surface area contributed by atoms with Crippen LogP contribution in [0.15, 0.2) is 6.07 Å². The first-order chi connectivity index (χ1) is 10.1. The number of thioether (sulfide) groups is 1. The Morgan fingerprint density at radius 2 is 2.10 bits per heavy atom. The van der Waals surface area contributed by atoms with E-state index in [0.29, 0.717) is 10.6 Å². The van der Waals surface area contributed by atoms with Gasteiger partial charge in [-0.2, -0.15) is 11.8 Å². The summed E-state index contributed by atoms with van der Waals surface area (Å²) in [4.78, 5) is 35.8. The van der Waals surface area contributed by atoms with E-state index in [-0.39, 0.29) is 24.0 Å². The molecule has 6 nitrogen and oxygen atoms in total. The van der Waals surface area contributed by atoms with Gasteiger partial charge >= 0.3 is 0 Å². The number of hydrogen-bond donors (Lipinski definition) is 3. The lowest BCUT2D eigenvalue weighted by Gasteiger charge is -2.05. The Morgan fingerprint density at radius 1 is 1.29 bits per heavy atom. The van der Waals surface area contributed by atoms with Gasteiger partial charge in [-0.05, 0) is 30.9 Å². The number of hydrogen-bond acceptors (Lipinski definition) is 5. The van der Waals surface area contributed by atoms with Crippen molar-refractivity contribution >= 4 is 40.8 Å². The summed E-state index contributed by atoms with van der Waals surface area (Å²) in [5, 5.41) is 0. The molecule has 1 aliphatic carbocycles. The molecule has 2 rings (SSSR count). The second kappa shape index (κ2) is 7.46. The van der Waals surface area contributed by atoms with Crippen molar-refractivity contribution in [3.63, 3.8) is 0 Å². The van der Waals surface area contributed by atoms with E-state index in [9.17, 15) is 14.4 Å². The van der Waals surface area contributed by atoms with Crippen LogP contribution in [0.5, 0.6) is 0 Å². The van der Waals surface area contributed by atoms with Gasteiger partial charge in [0.1, 0.15) is 0 Å². The number of carbonyl (C=O) groups is 3. The highest BCUT2D eigenvalue weighted by Crippen LogP contribution is 2.30. The third-order valence-corrected chi connectivity index (χ3v) is 5.22. The predicted octanol–water partition coefficient (Wildman–Crippen LogP) is 0.606. The molecule has 0 aliphatic heterocycles.